The van der Waals surface area contributed by atoms with Gasteiger partial charge in [-0.25, -0.2) is 0 Å². The molecule has 0 fully saturated rings. The van der Waals surface area contributed by atoms with Crippen molar-refractivity contribution in [2.24, 2.45) is 0 Å². The summed E-state index contributed by atoms with van der Waals surface area (Å²) in [5.41, 5.74) is 4.11. The molecule has 1 unspecified atom stereocenters. The number of carbonyl (C=O) groups is 1. The predicted molar refractivity (Wildman–Crippen MR) is 115 cm³/mol. The lowest BCUT2D eigenvalue weighted by Crippen LogP contribution is -2.14. The molecule has 0 spiro atoms. The number of Topliss-reactive ketones (excluding diaryl/α,β-unsaturated/α-hetero) is 1. The topological polar surface area (TPSA) is 17.1 Å². The van der Waals surface area contributed by atoms with Crippen LogP contribution in [0.25, 0.3) is 5.57 Å². The third kappa shape index (κ3) is 5.39. The van der Waals surface area contributed by atoms with E-state index in [0.717, 1.165) is 23.1 Å². The van der Waals surface area contributed by atoms with Crippen molar-refractivity contribution >= 4 is 46.3 Å². The molecule has 2 aromatic rings. The molecule has 154 valence electrons. The van der Waals surface area contributed by atoms with Crippen molar-refractivity contribution in [3.63, 3.8) is 0 Å². The first-order valence-corrected chi connectivity index (χ1v) is 10.6. The van der Waals surface area contributed by atoms with E-state index in [-0.39, 0.29) is 4.75 Å². The van der Waals surface area contributed by atoms with Gasteiger partial charge in [0.2, 0.25) is 0 Å². The highest BCUT2D eigenvalue weighted by atomic mass is 35.5. The van der Waals surface area contributed by atoms with E-state index < -0.39 is 24.8 Å². The normalized spacial score (nSPS) is 19.3. The second kappa shape index (κ2) is 8.37. The predicted octanol–water partition coefficient (Wildman–Crippen LogP) is 8.22. The highest BCUT2D eigenvalue weighted by Gasteiger charge is 2.34. The minimum Gasteiger partial charge on any atom is -0.294 e. The summed E-state index contributed by atoms with van der Waals surface area (Å²) >= 11 is 14.0. The SMILES string of the molecule is Cc1cc(C2=CSC(C)(c3cc(Cl)cc(Cl)c3)C2)ccc1C(=O)CCC(F)(F)F. The van der Waals surface area contributed by atoms with Gasteiger partial charge in [-0.2, -0.15) is 13.2 Å². The van der Waals surface area contributed by atoms with E-state index in [1.165, 1.54) is 0 Å². The maximum absolute atomic E-state index is 12.4. The van der Waals surface area contributed by atoms with Crippen LogP contribution in [0.15, 0.2) is 41.8 Å². The van der Waals surface area contributed by atoms with Gasteiger partial charge in [-0.05, 0) is 66.1 Å². The minimum absolute atomic E-state index is 0.223. The second-order valence-corrected chi connectivity index (χ2v) is 9.64. The van der Waals surface area contributed by atoms with Crippen LogP contribution in [0.4, 0.5) is 13.2 Å². The third-order valence-corrected chi connectivity index (χ3v) is 6.73. The van der Waals surface area contributed by atoms with Crippen LogP contribution < -0.4 is 0 Å². The van der Waals surface area contributed by atoms with E-state index in [1.54, 1.807) is 36.9 Å². The summed E-state index contributed by atoms with van der Waals surface area (Å²) in [4.78, 5) is 12.2. The molecule has 7 heteroatoms. The van der Waals surface area contributed by atoms with Crippen molar-refractivity contribution in [2.75, 3.05) is 0 Å². The van der Waals surface area contributed by atoms with E-state index in [2.05, 4.69) is 12.3 Å². The van der Waals surface area contributed by atoms with Gasteiger partial charge in [0.05, 0.1) is 6.42 Å². The molecule has 1 aliphatic heterocycles. The molecule has 0 aromatic heterocycles. The van der Waals surface area contributed by atoms with Crippen molar-refractivity contribution in [3.8, 4) is 0 Å². The zero-order valence-electron chi connectivity index (χ0n) is 15.9. The fourth-order valence-corrected chi connectivity index (χ4v) is 5.05. The number of ketones is 1. The monoisotopic (exact) mass is 458 g/mol. The van der Waals surface area contributed by atoms with Crippen LogP contribution >= 0.6 is 35.0 Å². The number of halogens is 5. The number of rotatable bonds is 5. The second-order valence-electron chi connectivity index (χ2n) is 7.39. The number of carbonyl (C=O) groups excluding carboxylic acids is 1. The van der Waals surface area contributed by atoms with Gasteiger partial charge in [0.15, 0.2) is 5.78 Å². The summed E-state index contributed by atoms with van der Waals surface area (Å²) in [6.07, 6.45) is -5.22. The van der Waals surface area contributed by atoms with Crippen LogP contribution in [0.1, 0.15) is 53.2 Å². The van der Waals surface area contributed by atoms with Crippen molar-refractivity contribution in [1.29, 1.82) is 0 Å². The quantitative estimate of drug-likeness (QED) is 0.419. The number of hydrogen-bond donors (Lipinski definition) is 0. The molecule has 0 saturated heterocycles. The number of aryl methyl sites for hydroxylation is 1. The van der Waals surface area contributed by atoms with Gasteiger partial charge in [-0.15, -0.1) is 11.8 Å². The van der Waals surface area contributed by atoms with E-state index in [9.17, 15) is 18.0 Å². The molecule has 1 nitrogen and oxygen atoms in total. The molecule has 1 aliphatic rings. The van der Waals surface area contributed by atoms with Crippen LogP contribution in [-0.4, -0.2) is 12.0 Å². The van der Waals surface area contributed by atoms with Crippen LogP contribution in [0.3, 0.4) is 0 Å². The van der Waals surface area contributed by atoms with Gasteiger partial charge < -0.3 is 0 Å². The zero-order chi connectivity index (χ0) is 21.4. The summed E-state index contributed by atoms with van der Waals surface area (Å²) in [6.45, 7) is 3.87. The molecule has 0 N–H and O–H groups in total. The van der Waals surface area contributed by atoms with E-state index in [1.807, 2.05) is 18.2 Å². The lowest BCUT2D eigenvalue weighted by atomic mass is 9.89. The van der Waals surface area contributed by atoms with Crippen molar-refractivity contribution in [1.82, 2.24) is 0 Å². The standard InChI is InChI=1S/C22H19Cl2F3OS/c1-13-7-14(3-4-19(13)20(28)5-6-22(25,26)27)15-11-21(2,29-12-15)16-8-17(23)10-18(24)9-16/h3-4,7-10,12H,5-6,11H2,1-2H3. The maximum Gasteiger partial charge on any atom is 0.389 e. The lowest BCUT2D eigenvalue weighted by Gasteiger charge is -2.24. The number of alkyl halides is 3. The van der Waals surface area contributed by atoms with E-state index in [0.29, 0.717) is 21.2 Å². The summed E-state index contributed by atoms with van der Waals surface area (Å²) in [5, 5.41) is 3.25. The van der Waals surface area contributed by atoms with Crippen molar-refractivity contribution in [3.05, 3.63) is 74.1 Å². The van der Waals surface area contributed by atoms with E-state index in [4.69, 9.17) is 23.2 Å². The average molecular weight is 459 g/mol. The highest BCUT2D eigenvalue weighted by molar-refractivity contribution is 8.03. The summed E-state index contributed by atoms with van der Waals surface area (Å²) in [6, 6.07) is 10.8. The minimum atomic E-state index is -4.33. The molecular weight excluding hydrogens is 440 g/mol. The van der Waals surface area contributed by atoms with Gasteiger partial charge in [0, 0.05) is 26.8 Å². The molecule has 0 radical (unpaired) electrons. The number of hydrogen-bond acceptors (Lipinski definition) is 2. The Hall–Kier alpha value is -1.43. The maximum atomic E-state index is 12.4. The molecule has 0 saturated carbocycles. The Bertz CT molecular complexity index is 964. The van der Waals surface area contributed by atoms with Crippen LogP contribution in [0.5, 0.6) is 0 Å². The number of thioether (sulfide) groups is 1. The van der Waals surface area contributed by atoms with Crippen LogP contribution in [0.2, 0.25) is 10.0 Å². The van der Waals surface area contributed by atoms with Crippen LogP contribution in [0, 0.1) is 6.92 Å². The van der Waals surface area contributed by atoms with Gasteiger partial charge in [-0.3, -0.25) is 4.79 Å². The Balaban J connectivity index is 1.77. The average Bonchev–Trinajstić information content (AvgIpc) is 3.02. The first kappa shape index (κ1) is 22.3. The largest absolute Gasteiger partial charge is 0.389 e. The Labute approximate surface area is 182 Å². The van der Waals surface area contributed by atoms with Crippen molar-refractivity contribution < 1.29 is 18.0 Å². The molecule has 29 heavy (non-hydrogen) atoms. The zero-order valence-corrected chi connectivity index (χ0v) is 18.2. The Kier molecular flexibility index (Phi) is 6.42. The van der Waals surface area contributed by atoms with E-state index >= 15 is 0 Å². The molecule has 0 amide bonds. The van der Waals surface area contributed by atoms with Crippen LogP contribution in [-0.2, 0) is 4.75 Å². The fourth-order valence-electron chi connectivity index (χ4n) is 3.41. The Morgan fingerprint density at radius 1 is 1.14 bits per heavy atom. The number of allylic oxidation sites excluding steroid dienone is 1. The molecule has 0 bridgehead atoms. The smallest absolute Gasteiger partial charge is 0.294 e. The fraction of sp³-hybridized carbons (Fsp3) is 0.318. The summed E-state index contributed by atoms with van der Waals surface area (Å²) in [5.74, 6) is -0.487. The first-order valence-electron chi connectivity index (χ1n) is 9.01. The molecule has 0 aliphatic carbocycles. The van der Waals surface area contributed by atoms with Gasteiger partial charge in [-0.1, -0.05) is 41.4 Å². The van der Waals surface area contributed by atoms with Gasteiger partial charge in [0.1, 0.15) is 0 Å². The highest BCUT2D eigenvalue weighted by Crippen LogP contribution is 2.51. The molecule has 2 aromatic carbocycles. The Morgan fingerprint density at radius 2 is 1.79 bits per heavy atom. The summed E-state index contributed by atoms with van der Waals surface area (Å²) < 4.78 is 36.9. The van der Waals surface area contributed by atoms with Crippen molar-refractivity contribution in [2.45, 2.75) is 44.0 Å². The molecule has 1 atom stereocenters. The number of benzene rings is 2. The first-order chi connectivity index (χ1) is 13.5. The molecule has 1 heterocycles. The van der Waals surface area contributed by atoms with Gasteiger partial charge in [0.25, 0.3) is 0 Å². The van der Waals surface area contributed by atoms with Gasteiger partial charge >= 0.3 is 6.18 Å². The Morgan fingerprint density at radius 3 is 2.38 bits per heavy atom. The molecular formula is C22H19Cl2F3OS. The third-order valence-electron chi connectivity index (χ3n) is 5.00. The molecule has 3 rings (SSSR count). The lowest BCUT2D eigenvalue weighted by molar-refractivity contribution is -0.133. The summed E-state index contributed by atoms with van der Waals surface area (Å²) in [7, 11) is 0.